The Morgan fingerprint density at radius 1 is 0.881 bits per heavy atom. The van der Waals surface area contributed by atoms with Crippen molar-refractivity contribution < 1.29 is 34.2 Å². The third-order valence-corrected chi connectivity index (χ3v) is 6.64. The summed E-state index contributed by atoms with van der Waals surface area (Å²) in [6.45, 7) is 0.419. The van der Waals surface area contributed by atoms with E-state index in [1.807, 2.05) is 24.3 Å². The number of H-pyrrole nitrogens is 2. The van der Waals surface area contributed by atoms with Gasteiger partial charge in [0, 0.05) is 41.8 Å². The SMILES string of the molecule is NCCCCC(N)C(=O)NC(CC(=O)O)C(=O)NC(Cc1cnc[nH]1)C(=O)NC(Cc1c[nH]c2ccccc12)C(=O)O. The number of carboxylic acid groups (broad SMARTS) is 2. The van der Waals surface area contributed by atoms with Crippen LogP contribution in [0.2, 0.25) is 0 Å². The Bertz CT molecular complexity index is 1370. The van der Waals surface area contributed by atoms with Gasteiger partial charge in [0.1, 0.15) is 18.1 Å². The number of nitrogens with one attached hydrogen (secondary N) is 5. The van der Waals surface area contributed by atoms with Crippen LogP contribution in [0.15, 0.2) is 43.0 Å². The number of carboxylic acids is 2. The molecule has 0 aliphatic heterocycles. The maximum Gasteiger partial charge on any atom is 0.326 e. The van der Waals surface area contributed by atoms with Crippen LogP contribution < -0.4 is 27.4 Å². The number of para-hydroxylation sites is 1. The summed E-state index contributed by atoms with van der Waals surface area (Å²) in [5.74, 6) is -5.17. The third-order valence-electron chi connectivity index (χ3n) is 6.64. The van der Waals surface area contributed by atoms with E-state index < -0.39 is 60.2 Å². The van der Waals surface area contributed by atoms with Gasteiger partial charge in [-0.25, -0.2) is 9.78 Å². The summed E-state index contributed by atoms with van der Waals surface area (Å²) in [6, 6.07) is 2.07. The normalized spacial score (nSPS) is 14.0. The maximum atomic E-state index is 13.4. The molecule has 0 saturated carbocycles. The highest BCUT2D eigenvalue weighted by Gasteiger charge is 2.32. The van der Waals surface area contributed by atoms with Crippen LogP contribution in [0.1, 0.15) is 36.9 Å². The molecule has 1 aromatic carbocycles. The number of fused-ring (bicyclic) bond motifs is 1. The van der Waals surface area contributed by atoms with Gasteiger partial charge in [0.2, 0.25) is 17.7 Å². The number of aliphatic carboxylic acids is 2. The number of carbonyl (C=O) groups is 5. The van der Waals surface area contributed by atoms with E-state index >= 15 is 0 Å². The Kier molecular flexibility index (Phi) is 11.6. The third kappa shape index (κ3) is 9.14. The number of aromatic nitrogens is 3. The Morgan fingerprint density at radius 3 is 2.24 bits per heavy atom. The van der Waals surface area contributed by atoms with Gasteiger partial charge in [0.15, 0.2) is 0 Å². The minimum atomic E-state index is -1.55. The first-order chi connectivity index (χ1) is 20.1. The van der Waals surface area contributed by atoms with Crippen LogP contribution >= 0.6 is 0 Å². The summed E-state index contributed by atoms with van der Waals surface area (Å²) in [5.41, 5.74) is 13.3. The Labute approximate surface area is 240 Å². The number of hydrogen-bond acceptors (Lipinski definition) is 8. The number of benzene rings is 1. The molecule has 15 heteroatoms. The standard InChI is InChI=1S/C27H36N8O7/c28-8-4-3-6-18(29)24(38)33-21(11-23(36)37)26(40)34-20(10-16-13-30-14-32-16)25(39)35-22(27(41)42)9-15-12-31-19-7-2-1-5-17(15)19/h1-2,5,7,12-14,18,20-22,31H,3-4,6,8-11,28-29H2,(H,30,32)(H,33,38)(H,34,40)(H,35,39)(H,36,37)(H,41,42). The number of amides is 3. The molecule has 4 atom stereocenters. The second-order valence-electron chi connectivity index (χ2n) is 9.86. The molecule has 2 heterocycles. The van der Waals surface area contributed by atoms with Gasteiger partial charge in [-0.05, 0) is 31.0 Å². The Hall–Kier alpha value is -4.76. The smallest absolute Gasteiger partial charge is 0.326 e. The highest BCUT2D eigenvalue weighted by Crippen LogP contribution is 2.19. The summed E-state index contributed by atoms with van der Waals surface area (Å²) in [6.07, 6.45) is 4.99. The van der Waals surface area contributed by atoms with Crippen molar-refractivity contribution in [1.82, 2.24) is 30.9 Å². The number of imidazole rings is 1. The molecule has 0 radical (unpaired) electrons. The molecule has 42 heavy (non-hydrogen) atoms. The maximum absolute atomic E-state index is 13.4. The molecular formula is C27H36N8O7. The number of unbranched alkanes of at least 4 members (excludes halogenated alkanes) is 1. The second-order valence-corrected chi connectivity index (χ2v) is 9.86. The van der Waals surface area contributed by atoms with Gasteiger partial charge >= 0.3 is 11.9 Å². The van der Waals surface area contributed by atoms with Crippen LogP contribution in [-0.4, -0.2) is 85.5 Å². The molecule has 3 amide bonds. The summed E-state index contributed by atoms with van der Waals surface area (Å²) in [4.78, 5) is 72.5. The average Bonchev–Trinajstić information content (AvgIpc) is 3.61. The van der Waals surface area contributed by atoms with Gasteiger partial charge in [0.25, 0.3) is 0 Å². The van der Waals surface area contributed by atoms with Crippen molar-refractivity contribution in [2.45, 2.75) is 62.7 Å². The fraction of sp³-hybridized carbons (Fsp3) is 0.407. The van der Waals surface area contributed by atoms with Crippen LogP contribution in [0.3, 0.4) is 0 Å². The summed E-state index contributed by atoms with van der Waals surface area (Å²) in [7, 11) is 0. The molecule has 3 rings (SSSR count). The van der Waals surface area contributed by atoms with Crippen molar-refractivity contribution in [3.8, 4) is 0 Å². The van der Waals surface area contributed by atoms with Crippen LogP contribution in [0, 0.1) is 0 Å². The van der Waals surface area contributed by atoms with E-state index in [0.717, 1.165) is 10.9 Å². The van der Waals surface area contributed by atoms with Crippen molar-refractivity contribution in [3.63, 3.8) is 0 Å². The van der Waals surface area contributed by atoms with Crippen molar-refractivity contribution in [1.29, 1.82) is 0 Å². The summed E-state index contributed by atoms with van der Waals surface area (Å²) >= 11 is 0. The van der Waals surface area contributed by atoms with Crippen molar-refractivity contribution >= 4 is 40.6 Å². The number of nitrogens with zero attached hydrogens (tertiary/aromatic N) is 1. The van der Waals surface area contributed by atoms with Crippen LogP contribution in [0.25, 0.3) is 10.9 Å². The van der Waals surface area contributed by atoms with Crippen LogP contribution in [0.5, 0.6) is 0 Å². The fourth-order valence-electron chi connectivity index (χ4n) is 4.39. The predicted octanol–water partition coefficient (Wildman–Crippen LogP) is -0.854. The zero-order valence-electron chi connectivity index (χ0n) is 22.8. The highest BCUT2D eigenvalue weighted by molar-refractivity contribution is 5.96. The minimum Gasteiger partial charge on any atom is -0.481 e. The molecule has 2 aromatic heterocycles. The van der Waals surface area contributed by atoms with Gasteiger partial charge in [-0.3, -0.25) is 19.2 Å². The summed E-state index contributed by atoms with van der Waals surface area (Å²) in [5, 5.41) is 27.3. The van der Waals surface area contributed by atoms with E-state index in [2.05, 4.69) is 30.9 Å². The fourth-order valence-corrected chi connectivity index (χ4v) is 4.39. The average molecular weight is 585 g/mol. The first-order valence-corrected chi connectivity index (χ1v) is 13.4. The number of hydrogen-bond donors (Lipinski definition) is 9. The van der Waals surface area contributed by atoms with E-state index in [0.29, 0.717) is 30.6 Å². The molecule has 15 nitrogen and oxygen atoms in total. The van der Waals surface area contributed by atoms with E-state index in [1.54, 1.807) is 6.20 Å². The van der Waals surface area contributed by atoms with E-state index in [4.69, 9.17) is 11.5 Å². The van der Waals surface area contributed by atoms with Gasteiger partial charge < -0.3 is 47.6 Å². The topological polar surface area (TPSA) is 258 Å². The monoisotopic (exact) mass is 584 g/mol. The first-order valence-electron chi connectivity index (χ1n) is 13.4. The molecule has 0 saturated heterocycles. The lowest BCUT2D eigenvalue weighted by atomic mass is 10.0. The predicted molar refractivity (Wildman–Crippen MR) is 151 cm³/mol. The van der Waals surface area contributed by atoms with Crippen molar-refractivity contribution in [2.75, 3.05) is 6.54 Å². The van der Waals surface area contributed by atoms with Gasteiger partial charge in [0.05, 0.1) is 18.8 Å². The zero-order valence-corrected chi connectivity index (χ0v) is 22.8. The van der Waals surface area contributed by atoms with E-state index in [9.17, 15) is 34.2 Å². The van der Waals surface area contributed by atoms with Gasteiger partial charge in [-0.1, -0.05) is 24.6 Å². The van der Waals surface area contributed by atoms with E-state index in [1.165, 1.54) is 12.5 Å². The number of carbonyl (C=O) groups excluding carboxylic acids is 3. The molecule has 226 valence electrons. The first kappa shape index (κ1) is 31.8. The Morgan fingerprint density at radius 2 is 1.57 bits per heavy atom. The molecule has 0 spiro atoms. The molecule has 11 N–H and O–H groups in total. The lowest BCUT2D eigenvalue weighted by Crippen LogP contribution is -2.58. The molecule has 4 unspecified atom stereocenters. The lowest BCUT2D eigenvalue weighted by Gasteiger charge is -2.24. The van der Waals surface area contributed by atoms with Gasteiger partial charge in [-0.15, -0.1) is 0 Å². The minimum absolute atomic E-state index is 0.0461. The number of nitrogens with two attached hydrogens (primary N) is 2. The number of aromatic amines is 2. The number of rotatable bonds is 17. The van der Waals surface area contributed by atoms with Crippen LogP contribution in [0.4, 0.5) is 0 Å². The Balaban J connectivity index is 1.76. The molecule has 0 aliphatic carbocycles. The highest BCUT2D eigenvalue weighted by atomic mass is 16.4. The zero-order chi connectivity index (χ0) is 30.6. The van der Waals surface area contributed by atoms with E-state index in [-0.39, 0.29) is 19.3 Å². The molecule has 0 aliphatic rings. The van der Waals surface area contributed by atoms with Crippen molar-refractivity contribution in [2.24, 2.45) is 11.5 Å². The lowest BCUT2D eigenvalue weighted by molar-refractivity contribution is -0.143. The second kappa shape index (κ2) is 15.3. The quantitative estimate of drug-likeness (QED) is 0.0887. The van der Waals surface area contributed by atoms with Gasteiger partial charge in [-0.2, -0.15) is 0 Å². The van der Waals surface area contributed by atoms with Crippen molar-refractivity contribution in [3.05, 3.63) is 54.2 Å². The molecule has 3 aromatic rings. The molecule has 0 bridgehead atoms. The van der Waals surface area contributed by atoms with Crippen LogP contribution in [-0.2, 0) is 36.8 Å². The summed E-state index contributed by atoms with van der Waals surface area (Å²) < 4.78 is 0. The largest absolute Gasteiger partial charge is 0.481 e. The molecular weight excluding hydrogens is 548 g/mol. The molecule has 0 fully saturated rings.